The Morgan fingerprint density at radius 2 is 1.96 bits per heavy atom. The molecule has 0 unspecified atom stereocenters. The number of esters is 2. The zero-order chi connectivity index (χ0) is 17.7. The van der Waals surface area contributed by atoms with Crippen LogP contribution in [0.25, 0.3) is 0 Å². The highest BCUT2D eigenvalue weighted by Gasteiger charge is 2.33. The Bertz CT molecular complexity index is 584. The summed E-state index contributed by atoms with van der Waals surface area (Å²) in [5.41, 5.74) is 0.470. The number of carbonyl (C=O) groups is 2. The normalized spacial score (nSPS) is 23.8. The number of carbonyl (C=O) groups excluding carboxylic acids is 2. The Hall–Kier alpha value is -1.11. The number of halogens is 1. The fourth-order valence-electron chi connectivity index (χ4n) is 3.28. The first-order chi connectivity index (χ1) is 11.4. The quantitative estimate of drug-likeness (QED) is 0.498. The lowest BCUT2D eigenvalue weighted by molar-refractivity contribution is -0.159. The Morgan fingerprint density at radius 3 is 2.62 bits per heavy atom. The second-order valence-corrected chi connectivity index (χ2v) is 8.07. The van der Waals surface area contributed by atoms with Crippen LogP contribution in [0.5, 0.6) is 0 Å². The molecule has 3 atom stereocenters. The van der Waals surface area contributed by atoms with Gasteiger partial charge in [-0.1, -0.05) is 39.3 Å². The third-order valence-electron chi connectivity index (χ3n) is 4.66. The first-order valence-corrected chi connectivity index (χ1v) is 9.57. The first kappa shape index (κ1) is 19.2. The van der Waals surface area contributed by atoms with Crippen molar-refractivity contribution in [2.45, 2.75) is 46.1 Å². The van der Waals surface area contributed by atoms with Gasteiger partial charge < -0.3 is 9.47 Å². The van der Waals surface area contributed by atoms with E-state index in [0.717, 1.165) is 16.4 Å². The molecule has 1 aromatic carbocycles. The van der Waals surface area contributed by atoms with Gasteiger partial charge >= 0.3 is 11.9 Å². The van der Waals surface area contributed by atoms with E-state index in [0.29, 0.717) is 23.3 Å². The smallest absolute Gasteiger partial charge is 0.344 e. The van der Waals surface area contributed by atoms with Crippen LogP contribution in [0.4, 0.5) is 0 Å². The molecule has 1 aliphatic rings. The topological polar surface area (TPSA) is 52.6 Å². The van der Waals surface area contributed by atoms with Crippen LogP contribution in [0, 0.1) is 21.3 Å². The van der Waals surface area contributed by atoms with Crippen LogP contribution in [-0.4, -0.2) is 24.6 Å². The molecule has 0 aliphatic heterocycles. The van der Waals surface area contributed by atoms with Crippen LogP contribution in [0.1, 0.15) is 50.4 Å². The number of ether oxygens (including phenoxy) is 2. The molecule has 24 heavy (non-hydrogen) atoms. The second kappa shape index (κ2) is 8.83. The van der Waals surface area contributed by atoms with Crippen LogP contribution < -0.4 is 0 Å². The van der Waals surface area contributed by atoms with Crippen molar-refractivity contribution in [1.29, 1.82) is 0 Å². The molecule has 1 fully saturated rings. The minimum Gasteiger partial charge on any atom is -0.460 e. The molecule has 4 nitrogen and oxygen atoms in total. The van der Waals surface area contributed by atoms with E-state index in [4.69, 9.17) is 9.47 Å². The third-order valence-corrected chi connectivity index (χ3v) is 5.60. The van der Waals surface area contributed by atoms with Gasteiger partial charge in [0.1, 0.15) is 6.10 Å². The highest BCUT2D eigenvalue weighted by atomic mass is 127. The van der Waals surface area contributed by atoms with Gasteiger partial charge in [0.15, 0.2) is 6.61 Å². The van der Waals surface area contributed by atoms with E-state index < -0.39 is 11.9 Å². The van der Waals surface area contributed by atoms with E-state index in [1.807, 2.05) is 12.1 Å². The molecule has 132 valence electrons. The summed E-state index contributed by atoms with van der Waals surface area (Å²) in [5.74, 6) is 0.472. The first-order valence-electron chi connectivity index (χ1n) is 8.49. The Labute approximate surface area is 157 Å². The van der Waals surface area contributed by atoms with Crippen molar-refractivity contribution >= 4 is 34.5 Å². The molecule has 0 saturated heterocycles. The number of benzene rings is 1. The van der Waals surface area contributed by atoms with E-state index in [9.17, 15) is 9.59 Å². The Balaban J connectivity index is 1.88. The van der Waals surface area contributed by atoms with Gasteiger partial charge in [0.05, 0.1) is 5.56 Å². The van der Waals surface area contributed by atoms with E-state index in [1.54, 1.807) is 12.1 Å². The molecule has 0 amide bonds. The Kier molecular flexibility index (Phi) is 7.07. The molecular formula is C19H25IO4. The average Bonchev–Trinajstić information content (AvgIpc) is 2.53. The monoisotopic (exact) mass is 444 g/mol. The summed E-state index contributed by atoms with van der Waals surface area (Å²) < 4.78 is 11.6. The fourth-order valence-corrected chi connectivity index (χ4v) is 3.89. The van der Waals surface area contributed by atoms with Crippen LogP contribution in [0.3, 0.4) is 0 Å². The van der Waals surface area contributed by atoms with E-state index in [2.05, 4.69) is 43.4 Å². The van der Waals surface area contributed by atoms with Gasteiger partial charge in [0.25, 0.3) is 0 Å². The van der Waals surface area contributed by atoms with Crippen molar-refractivity contribution in [3.63, 3.8) is 0 Å². The third kappa shape index (κ3) is 5.19. The van der Waals surface area contributed by atoms with Gasteiger partial charge in [-0.2, -0.15) is 0 Å². The van der Waals surface area contributed by atoms with Crippen molar-refractivity contribution in [1.82, 2.24) is 0 Å². The summed E-state index contributed by atoms with van der Waals surface area (Å²) in [6, 6.07) is 7.13. The molecule has 0 aromatic heterocycles. The molecule has 2 rings (SSSR count). The molecule has 0 heterocycles. The lowest BCUT2D eigenvalue weighted by Crippen LogP contribution is -2.36. The molecule has 0 bridgehead atoms. The second-order valence-electron chi connectivity index (χ2n) is 6.91. The van der Waals surface area contributed by atoms with Crippen molar-refractivity contribution in [3.05, 3.63) is 33.4 Å². The van der Waals surface area contributed by atoms with Crippen LogP contribution in [0.15, 0.2) is 24.3 Å². The summed E-state index contributed by atoms with van der Waals surface area (Å²) in [6.45, 7) is 6.19. The molecule has 0 radical (unpaired) electrons. The lowest BCUT2D eigenvalue weighted by Gasteiger charge is -2.36. The molecule has 5 heteroatoms. The van der Waals surface area contributed by atoms with Crippen molar-refractivity contribution in [3.8, 4) is 0 Å². The largest absolute Gasteiger partial charge is 0.460 e. The van der Waals surface area contributed by atoms with Gasteiger partial charge in [-0.05, 0) is 65.3 Å². The van der Waals surface area contributed by atoms with Gasteiger partial charge in [-0.25, -0.2) is 9.59 Å². The highest BCUT2D eigenvalue weighted by molar-refractivity contribution is 14.1. The summed E-state index contributed by atoms with van der Waals surface area (Å²) in [4.78, 5) is 24.2. The standard InChI is InChI=1S/C19H25IO4/c1-12(2)14-9-8-13(3)10-17(14)24-18(21)11-23-19(22)15-6-4-5-7-16(15)20/h4-7,12-14,17H,8-11H2,1-3H3/t13-,14+,17-/m0/s1. The Morgan fingerprint density at radius 1 is 1.25 bits per heavy atom. The molecule has 1 saturated carbocycles. The van der Waals surface area contributed by atoms with E-state index in [1.165, 1.54) is 6.42 Å². The van der Waals surface area contributed by atoms with Crippen LogP contribution in [-0.2, 0) is 14.3 Å². The molecule has 0 N–H and O–H groups in total. The summed E-state index contributed by atoms with van der Waals surface area (Å²) >= 11 is 2.07. The minimum atomic E-state index is -0.491. The van der Waals surface area contributed by atoms with E-state index >= 15 is 0 Å². The highest BCUT2D eigenvalue weighted by Crippen LogP contribution is 2.35. The average molecular weight is 444 g/mol. The number of hydrogen-bond acceptors (Lipinski definition) is 4. The predicted molar refractivity (Wildman–Crippen MR) is 101 cm³/mol. The van der Waals surface area contributed by atoms with Crippen molar-refractivity contribution in [2.75, 3.05) is 6.61 Å². The fraction of sp³-hybridized carbons (Fsp3) is 0.579. The summed E-state index contributed by atoms with van der Waals surface area (Å²) in [7, 11) is 0. The molecular weight excluding hydrogens is 419 g/mol. The van der Waals surface area contributed by atoms with Gasteiger partial charge in [0.2, 0.25) is 0 Å². The summed E-state index contributed by atoms with van der Waals surface area (Å²) in [5, 5.41) is 0. The SMILES string of the molecule is CC(C)[C@H]1CC[C@H](C)C[C@@H]1OC(=O)COC(=O)c1ccccc1I. The summed E-state index contributed by atoms with van der Waals surface area (Å²) in [6.07, 6.45) is 3.08. The maximum Gasteiger partial charge on any atom is 0.344 e. The van der Waals surface area contributed by atoms with Crippen molar-refractivity contribution in [2.24, 2.45) is 17.8 Å². The maximum absolute atomic E-state index is 12.1. The van der Waals surface area contributed by atoms with Crippen LogP contribution in [0.2, 0.25) is 0 Å². The predicted octanol–water partition coefficient (Wildman–Crippen LogP) is 4.45. The number of rotatable bonds is 5. The maximum atomic E-state index is 12.1. The lowest BCUT2D eigenvalue weighted by atomic mass is 9.75. The van der Waals surface area contributed by atoms with Gasteiger partial charge in [0, 0.05) is 3.57 Å². The number of hydrogen-bond donors (Lipinski definition) is 0. The zero-order valence-electron chi connectivity index (χ0n) is 14.5. The minimum absolute atomic E-state index is 0.0724. The molecule has 1 aliphatic carbocycles. The molecule has 1 aromatic rings. The molecule has 0 spiro atoms. The van der Waals surface area contributed by atoms with Gasteiger partial charge in [-0.15, -0.1) is 0 Å². The zero-order valence-corrected chi connectivity index (χ0v) is 16.6. The van der Waals surface area contributed by atoms with Crippen molar-refractivity contribution < 1.29 is 19.1 Å². The van der Waals surface area contributed by atoms with Gasteiger partial charge in [-0.3, -0.25) is 0 Å². The van der Waals surface area contributed by atoms with Crippen LogP contribution >= 0.6 is 22.6 Å². The van der Waals surface area contributed by atoms with E-state index in [-0.39, 0.29) is 12.7 Å².